The van der Waals surface area contributed by atoms with Crippen LogP contribution in [0.15, 0.2) is 22.9 Å². The summed E-state index contributed by atoms with van der Waals surface area (Å²) in [7, 11) is 0. The highest BCUT2D eigenvalue weighted by atomic mass is 127. The Labute approximate surface area is 102 Å². The minimum Gasteiger partial charge on any atom is -0.361 e. The molecule has 0 radical (unpaired) electrons. The fraction of sp³-hybridized carbons (Fsp3) is 0.200. The zero-order chi connectivity index (χ0) is 10.8. The first-order chi connectivity index (χ1) is 7.22. The minimum absolute atomic E-state index is 0.827. The first-order valence-electron chi connectivity index (χ1n) is 4.48. The highest BCUT2D eigenvalue weighted by molar-refractivity contribution is 14.1. The topological polar surface area (TPSA) is 51.0 Å². The van der Waals surface area contributed by atoms with E-state index in [2.05, 4.69) is 36.5 Å². The molecule has 0 bridgehead atoms. The first kappa shape index (κ1) is 10.4. The van der Waals surface area contributed by atoms with E-state index in [1.165, 1.54) is 0 Å². The van der Waals surface area contributed by atoms with Crippen LogP contribution in [-0.4, -0.2) is 10.1 Å². The zero-order valence-electron chi connectivity index (χ0n) is 8.41. The van der Waals surface area contributed by atoms with Gasteiger partial charge in [0.15, 0.2) is 0 Å². The predicted octanol–water partition coefficient (Wildman–Crippen LogP) is 3.12. The van der Waals surface area contributed by atoms with E-state index in [1.54, 1.807) is 6.20 Å². The number of pyridine rings is 1. The van der Waals surface area contributed by atoms with Crippen molar-refractivity contribution in [3.63, 3.8) is 0 Å². The van der Waals surface area contributed by atoms with E-state index >= 15 is 0 Å². The third-order valence-electron chi connectivity index (χ3n) is 2.18. The van der Waals surface area contributed by atoms with Gasteiger partial charge in [-0.25, -0.2) is 4.98 Å². The Hall–Kier alpha value is -1.11. The monoisotopic (exact) mass is 315 g/mol. The van der Waals surface area contributed by atoms with E-state index in [-0.39, 0.29) is 0 Å². The molecule has 5 heteroatoms. The van der Waals surface area contributed by atoms with E-state index in [0.717, 1.165) is 28.4 Å². The molecule has 0 aromatic carbocycles. The van der Waals surface area contributed by atoms with Gasteiger partial charge in [0.2, 0.25) is 0 Å². The Kier molecular flexibility index (Phi) is 2.90. The number of rotatable bonds is 2. The third kappa shape index (κ3) is 1.97. The number of nitrogens with zero attached hydrogens (tertiary/aromatic N) is 2. The molecule has 2 aromatic heterocycles. The third-order valence-corrected chi connectivity index (χ3v) is 2.73. The Balaban J connectivity index is 2.53. The van der Waals surface area contributed by atoms with Gasteiger partial charge in [0, 0.05) is 11.8 Å². The number of anilines is 1. The molecule has 0 aliphatic carbocycles. The summed E-state index contributed by atoms with van der Waals surface area (Å²) in [5, 5.41) is 3.93. The fourth-order valence-corrected chi connectivity index (χ4v) is 1.83. The molecule has 1 N–H and O–H groups in total. The minimum atomic E-state index is 0.827. The van der Waals surface area contributed by atoms with E-state index < -0.39 is 0 Å². The molecule has 0 unspecified atom stereocenters. The van der Waals surface area contributed by atoms with E-state index in [1.807, 2.05) is 26.0 Å². The van der Waals surface area contributed by atoms with Crippen LogP contribution >= 0.6 is 22.9 Å². The molecule has 78 valence electrons. The van der Waals surface area contributed by atoms with Crippen LogP contribution in [0.5, 0.6) is 0 Å². The summed E-state index contributed by atoms with van der Waals surface area (Å²) in [5.41, 5.74) is 3.02. The quantitative estimate of drug-likeness (QED) is 0.683. The number of aryl methyl sites for hydroxylation is 2. The van der Waals surface area contributed by atoms with Gasteiger partial charge in [0.1, 0.15) is 11.6 Å². The van der Waals surface area contributed by atoms with Gasteiger partial charge in [-0.2, -0.15) is 0 Å². The average molecular weight is 315 g/mol. The molecule has 2 rings (SSSR count). The summed E-state index contributed by atoms with van der Waals surface area (Å²) in [6, 6.07) is 3.92. The average Bonchev–Trinajstić information content (AvgIpc) is 2.59. The Morgan fingerprint density at radius 1 is 1.40 bits per heavy atom. The van der Waals surface area contributed by atoms with Crippen LogP contribution in [0.2, 0.25) is 0 Å². The van der Waals surface area contributed by atoms with Crippen LogP contribution in [0.1, 0.15) is 11.5 Å². The van der Waals surface area contributed by atoms with Gasteiger partial charge in [-0.3, -0.25) is 0 Å². The summed E-state index contributed by atoms with van der Waals surface area (Å²) < 4.78 is 8.11. The van der Waals surface area contributed by atoms with Gasteiger partial charge in [-0.1, -0.05) is 5.16 Å². The van der Waals surface area contributed by atoms with E-state index in [0.29, 0.717) is 0 Å². The smallest absolute Gasteiger partial charge is 0.141 e. The summed E-state index contributed by atoms with van der Waals surface area (Å²) in [6.45, 7) is 3.84. The van der Waals surface area contributed by atoms with Crippen molar-refractivity contribution in [1.29, 1.82) is 0 Å². The normalized spacial score (nSPS) is 10.3. The maximum Gasteiger partial charge on any atom is 0.141 e. The van der Waals surface area contributed by atoms with Gasteiger partial charge in [0.25, 0.3) is 0 Å². The van der Waals surface area contributed by atoms with Crippen LogP contribution < -0.4 is 3.53 Å². The van der Waals surface area contributed by atoms with Crippen molar-refractivity contribution in [2.24, 2.45) is 0 Å². The van der Waals surface area contributed by atoms with Crippen molar-refractivity contribution in [3.8, 4) is 11.1 Å². The van der Waals surface area contributed by atoms with Crippen molar-refractivity contribution in [2.45, 2.75) is 13.8 Å². The van der Waals surface area contributed by atoms with E-state index in [4.69, 9.17) is 4.52 Å². The van der Waals surface area contributed by atoms with Crippen LogP contribution in [0.4, 0.5) is 5.82 Å². The molecule has 2 aromatic rings. The molecular weight excluding hydrogens is 305 g/mol. The number of hydrogen-bond donors (Lipinski definition) is 1. The number of halogens is 1. The standard InChI is InChI=1S/C10H10IN3O/c1-6-10(7(2)15-14-6)8-3-4-12-9(5-8)13-11/h3-5H,1-2H3,(H,12,13). The molecule has 15 heavy (non-hydrogen) atoms. The molecule has 0 aliphatic heterocycles. The molecule has 0 fully saturated rings. The van der Waals surface area contributed by atoms with Gasteiger partial charge < -0.3 is 8.05 Å². The highest BCUT2D eigenvalue weighted by Gasteiger charge is 2.11. The van der Waals surface area contributed by atoms with Crippen LogP contribution in [-0.2, 0) is 0 Å². The van der Waals surface area contributed by atoms with Crippen molar-refractivity contribution >= 4 is 28.7 Å². The lowest BCUT2D eigenvalue weighted by atomic mass is 10.1. The fourth-order valence-electron chi connectivity index (χ4n) is 1.53. The highest BCUT2D eigenvalue weighted by Crippen LogP contribution is 2.27. The largest absolute Gasteiger partial charge is 0.361 e. The SMILES string of the molecule is Cc1noc(C)c1-c1ccnc(NI)c1. The van der Waals surface area contributed by atoms with Crippen molar-refractivity contribution in [3.05, 3.63) is 29.8 Å². The molecule has 0 amide bonds. The second-order valence-electron chi connectivity index (χ2n) is 3.22. The maximum absolute atomic E-state index is 5.13. The lowest BCUT2D eigenvalue weighted by Gasteiger charge is -2.02. The number of aromatic nitrogens is 2. The first-order valence-corrected chi connectivity index (χ1v) is 5.56. The maximum atomic E-state index is 5.13. The lowest BCUT2D eigenvalue weighted by molar-refractivity contribution is 0.393. The van der Waals surface area contributed by atoms with Crippen molar-refractivity contribution in [1.82, 2.24) is 10.1 Å². The molecule has 0 atom stereocenters. The summed E-state index contributed by atoms with van der Waals surface area (Å²) >= 11 is 2.05. The van der Waals surface area contributed by atoms with Crippen molar-refractivity contribution in [2.75, 3.05) is 3.53 Å². The van der Waals surface area contributed by atoms with Crippen LogP contribution in [0, 0.1) is 13.8 Å². The van der Waals surface area contributed by atoms with E-state index in [9.17, 15) is 0 Å². The molecule has 0 spiro atoms. The van der Waals surface area contributed by atoms with Crippen LogP contribution in [0.25, 0.3) is 11.1 Å². The zero-order valence-corrected chi connectivity index (χ0v) is 10.6. The second-order valence-corrected chi connectivity index (χ2v) is 3.76. The Bertz CT molecular complexity index is 462. The molecule has 0 saturated heterocycles. The van der Waals surface area contributed by atoms with Gasteiger partial charge in [-0.05, 0) is 31.5 Å². The summed E-state index contributed by atoms with van der Waals surface area (Å²) in [6.07, 6.45) is 1.77. The van der Waals surface area contributed by atoms with Crippen LogP contribution in [0.3, 0.4) is 0 Å². The predicted molar refractivity (Wildman–Crippen MR) is 66.9 cm³/mol. The van der Waals surface area contributed by atoms with Gasteiger partial charge in [-0.15, -0.1) is 0 Å². The van der Waals surface area contributed by atoms with Gasteiger partial charge >= 0.3 is 0 Å². The van der Waals surface area contributed by atoms with Crippen molar-refractivity contribution < 1.29 is 4.52 Å². The second kappa shape index (κ2) is 4.18. The number of nitrogens with one attached hydrogen (secondary N) is 1. The molecule has 0 saturated carbocycles. The lowest BCUT2D eigenvalue weighted by Crippen LogP contribution is -1.87. The Morgan fingerprint density at radius 2 is 2.20 bits per heavy atom. The number of hydrogen-bond acceptors (Lipinski definition) is 4. The van der Waals surface area contributed by atoms with Gasteiger partial charge in [0.05, 0.1) is 28.6 Å². The summed E-state index contributed by atoms with van der Waals surface area (Å²) in [4.78, 5) is 4.16. The molecule has 2 heterocycles. The molecular formula is C10H10IN3O. The Morgan fingerprint density at radius 3 is 2.80 bits per heavy atom. The molecule has 0 aliphatic rings. The molecule has 4 nitrogen and oxygen atoms in total. The summed E-state index contributed by atoms with van der Waals surface area (Å²) in [5.74, 6) is 1.66.